The molecule has 1 aromatic heterocycles. The second kappa shape index (κ2) is 7.61. The zero-order valence-electron chi connectivity index (χ0n) is 11.1. The Bertz CT molecular complexity index is 320. The Labute approximate surface area is 112 Å². The van der Waals surface area contributed by atoms with Gasteiger partial charge < -0.3 is 0 Å². The Morgan fingerprint density at radius 2 is 1.76 bits per heavy atom. The van der Waals surface area contributed by atoms with E-state index in [-0.39, 0.29) is 0 Å². The molecule has 3 nitrogen and oxygen atoms in total. The molecule has 0 fully saturated rings. The van der Waals surface area contributed by atoms with Gasteiger partial charge in [0.15, 0.2) is 0 Å². The van der Waals surface area contributed by atoms with Gasteiger partial charge in [0.05, 0.1) is 0 Å². The van der Waals surface area contributed by atoms with Crippen LogP contribution < -0.4 is 7.63 Å². The van der Waals surface area contributed by atoms with Crippen molar-refractivity contribution >= 4 is 32.6 Å². The topological polar surface area (TPSA) is 27.7 Å². The number of hydrogen-bond donors (Lipinski definition) is 0. The SMILES string of the molecule is COCCOCCOc1cc[c]([Sn]([CH3])([CH3])[CH3])s1. The number of hydrogen-bond acceptors (Lipinski definition) is 4. The number of ether oxygens (including phenoxy) is 3. The Kier molecular flexibility index (Phi) is 6.84. The van der Waals surface area contributed by atoms with E-state index >= 15 is 0 Å². The molecule has 0 saturated heterocycles. The fourth-order valence-corrected chi connectivity index (χ4v) is 7.33. The summed E-state index contributed by atoms with van der Waals surface area (Å²) in [5, 5.41) is 1.02. The maximum atomic E-state index is 5.65. The molecule has 17 heavy (non-hydrogen) atoms. The minimum absolute atomic E-state index is 0.614. The van der Waals surface area contributed by atoms with Crippen molar-refractivity contribution in [3.05, 3.63) is 12.1 Å². The Morgan fingerprint density at radius 1 is 1.06 bits per heavy atom. The average Bonchev–Trinajstić information content (AvgIpc) is 2.71. The fourth-order valence-electron chi connectivity index (χ4n) is 1.25. The summed E-state index contributed by atoms with van der Waals surface area (Å²) in [5.41, 5.74) is 0. The van der Waals surface area contributed by atoms with E-state index in [0.29, 0.717) is 26.4 Å². The number of thiophene rings is 1. The van der Waals surface area contributed by atoms with Crippen LogP contribution >= 0.6 is 11.3 Å². The molecule has 0 saturated carbocycles. The van der Waals surface area contributed by atoms with Crippen LogP contribution in [0.4, 0.5) is 0 Å². The third-order valence-corrected chi connectivity index (χ3v) is 12.7. The van der Waals surface area contributed by atoms with E-state index in [9.17, 15) is 0 Å². The molecule has 0 aliphatic rings. The van der Waals surface area contributed by atoms with Crippen molar-refractivity contribution in [2.45, 2.75) is 14.8 Å². The third-order valence-electron chi connectivity index (χ3n) is 2.22. The molecule has 1 aromatic rings. The zero-order chi connectivity index (χ0) is 12.7. The second-order valence-corrected chi connectivity index (χ2v) is 21.3. The van der Waals surface area contributed by atoms with Crippen LogP contribution in [0.25, 0.3) is 0 Å². The molecule has 0 N–H and O–H groups in total. The van der Waals surface area contributed by atoms with Gasteiger partial charge in [-0.3, -0.25) is 0 Å². The van der Waals surface area contributed by atoms with Gasteiger partial charge in [0.25, 0.3) is 0 Å². The molecule has 0 atom stereocenters. The van der Waals surface area contributed by atoms with Gasteiger partial charge in [0.1, 0.15) is 0 Å². The van der Waals surface area contributed by atoms with Gasteiger partial charge >= 0.3 is 112 Å². The van der Waals surface area contributed by atoms with Crippen LogP contribution in [-0.2, 0) is 9.47 Å². The van der Waals surface area contributed by atoms with Crippen molar-refractivity contribution in [3.63, 3.8) is 0 Å². The Balaban J connectivity index is 2.21. The molecule has 5 heteroatoms. The molecule has 0 aliphatic heterocycles. The number of rotatable bonds is 8. The van der Waals surface area contributed by atoms with Crippen LogP contribution in [0, 0.1) is 0 Å². The van der Waals surface area contributed by atoms with Gasteiger partial charge in [0, 0.05) is 0 Å². The van der Waals surface area contributed by atoms with Gasteiger partial charge in [0.2, 0.25) is 0 Å². The van der Waals surface area contributed by atoms with Crippen molar-refractivity contribution in [3.8, 4) is 5.06 Å². The fraction of sp³-hybridized carbons (Fsp3) is 0.667. The van der Waals surface area contributed by atoms with E-state index in [1.165, 1.54) is 0 Å². The molecule has 0 bridgehead atoms. The van der Waals surface area contributed by atoms with E-state index in [1.807, 2.05) is 0 Å². The summed E-state index contributed by atoms with van der Waals surface area (Å²) in [4.78, 5) is 7.24. The van der Waals surface area contributed by atoms with Crippen molar-refractivity contribution in [1.82, 2.24) is 0 Å². The van der Waals surface area contributed by atoms with E-state index in [0.717, 1.165) is 5.06 Å². The standard InChI is InChI=1S/C9H13O3S.3CH3.Sn/c1-10-4-5-11-6-7-12-9-3-2-8-13-9;;;;/h2-3H,4-7H2,1H3;3*1H3;. The first-order valence-corrected chi connectivity index (χ1v) is 16.6. The second-order valence-electron chi connectivity index (χ2n) is 4.82. The van der Waals surface area contributed by atoms with E-state index in [2.05, 4.69) is 27.0 Å². The van der Waals surface area contributed by atoms with Gasteiger partial charge in [-0.2, -0.15) is 0 Å². The predicted molar refractivity (Wildman–Crippen MR) is 75.5 cm³/mol. The summed E-state index contributed by atoms with van der Waals surface area (Å²) in [6, 6.07) is 4.30. The molecule has 0 spiro atoms. The summed E-state index contributed by atoms with van der Waals surface area (Å²) in [7, 11) is 1.67. The predicted octanol–water partition coefficient (Wildman–Crippen LogP) is 2.34. The monoisotopic (exact) mass is 366 g/mol. The van der Waals surface area contributed by atoms with Gasteiger partial charge in [-0.15, -0.1) is 0 Å². The quantitative estimate of drug-likeness (QED) is 0.523. The van der Waals surface area contributed by atoms with Gasteiger partial charge in [-0.1, -0.05) is 0 Å². The van der Waals surface area contributed by atoms with E-state index in [4.69, 9.17) is 14.2 Å². The first-order chi connectivity index (χ1) is 8.04. The molecule has 98 valence electrons. The summed E-state index contributed by atoms with van der Waals surface area (Å²) in [5.74, 6) is 0. The minimum atomic E-state index is -1.89. The van der Waals surface area contributed by atoms with Crippen LogP contribution in [0.2, 0.25) is 14.8 Å². The Hall–Kier alpha value is 0.219. The summed E-state index contributed by atoms with van der Waals surface area (Å²) in [6.45, 7) is 2.51. The first-order valence-electron chi connectivity index (χ1n) is 5.84. The van der Waals surface area contributed by atoms with Crippen LogP contribution in [0.3, 0.4) is 0 Å². The van der Waals surface area contributed by atoms with Crippen molar-refractivity contribution < 1.29 is 14.2 Å². The molecule has 1 heterocycles. The molecule has 0 amide bonds. The molecule has 0 aliphatic carbocycles. The molecule has 0 unspecified atom stereocenters. The molecule has 1 rings (SSSR count). The molecular weight excluding hydrogens is 343 g/mol. The van der Waals surface area contributed by atoms with Crippen molar-refractivity contribution in [2.75, 3.05) is 33.5 Å². The maximum absolute atomic E-state index is 5.65. The summed E-state index contributed by atoms with van der Waals surface area (Å²) in [6.07, 6.45) is 0. The first kappa shape index (κ1) is 15.3. The number of methoxy groups -OCH3 is 1. The summed E-state index contributed by atoms with van der Waals surface area (Å²) < 4.78 is 17.4. The van der Waals surface area contributed by atoms with Gasteiger partial charge in [-0.05, 0) is 0 Å². The Morgan fingerprint density at radius 3 is 2.35 bits per heavy atom. The molecule has 0 aromatic carbocycles. The normalized spacial score (nSPS) is 11.8. The molecular formula is C12H22O3SSn. The third kappa shape index (κ3) is 6.08. The van der Waals surface area contributed by atoms with E-state index < -0.39 is 18.4 Å². The van der Waals surface area contributed by atoms with Crippen LogP contribution in [-0.4, -0.2) is 51.9 Å². The summed E-state index contributed by atoms with van der Waals surface area (Å²) >= 11 is -0.0958. The van der Waals surface area contributed by atoms with E-state index in [1.54, 1.807) is 21.3 Å². The average molecular weight is 365 g/mol. The molecule has 0 radical (unpaired) electrons. The van der Waals surface area contributed by atoms with Crippen LogP contribution in [0.1, 0.15) is 0 Å². The van der Waals surface area contributed by atoms with Crippen molar-refractivity contribution in [2.24, 2.45) is 0 Å². The van der Waals surface area contributed by atoms with Gasteiger partial charge in [-0.25, -0.2) is 0 Å². The van der Waals surface area contributed by atoms with Crippen LogP contribution in [0.15, 0.2) is 12.1 Å². The van der Waals surface area contributed by atoms with Crippen molar-refractivity contribution in [1.29, 1.82) is 0 Å². The zero-order valence-corrected chi connectivity index (χ0v) is 14.8. The van der Waals surface area contributed by atoms with Crippen LogP contribution in [0.5, 0.6) is 5.06 Å².